The molecule has 7 heteroatoms. The molecule has 134 valence electrons. The fourth-order valence-corrected chi connectivity index (χ4v) is 2.03. The number of rotatable bonds is 7. The van der Waals surface area contributed by atoms with E-state index in [-0.39, 0.29) is 18.0 Å². The summed E-state index contributed by atoms with van der Waals surface area (Å²) in [5.41, 5.74) is -0.261. The third-order valence-electron chi connectivity index (χ3n) is 2.70. The molecule has 0 atom stereocenters. The Morgan fingerprint density at radius 1 is 1.29 bits per heavy atom. The fraction of sp³-hybridized carbons (Fsp3) is 0.529. The van der Waals surface area contributed by atoms with Crippen LogP contribution in [0.25, 0.3) is 0 Å². The Bertz CT molecular complexity index is 556. The van der Waals surface area contributed by atoms with Crippen LogP contribution in [-0.4, -0.2) is 43.6 Å². The molecule has 0 saturated heterocycles. The highest BCUT2D eigenvalue weighted by Crippen LogP contribution is 2.16. The number of ether oxygens (including phenoxy) is 1. The van der Waals surface area contributed by atoms with Crippen molar-refractivity contribution in [1.29, 1.82) is 0 Å². The number of aliphatic imine (C=N–C) groups is 1. The molecular weight excluding hydrogens is 328 g/mol. The van der Waals surface area contributed by atoms with Gasteiger partial charge in [0.15, 0.2) is 5.96 Å². The van der Waals surface area contributed by atoms with Crippen LogP contribution in [0.3, 0.4) is 0 Å². The van der Waals surface area contributed by atoms with Gasteiger partial charge in [0, 0.05) is 17.1 Å². The lowest BCUT2D eigenvalue weighted by molar-refractivity contribution is -0.121. The molecule has 0 aromatic heterocycles. The molecule has 1 rings (SSSR count). The predicted octanol–water partition coefficient (Wildman–Crippen LogP) is 2.19. The third kappa shape index (κ3) is 9.25. The van der Waals surface area contributed by atoms with Crippen LogP contribution in [0, 0.1) is 0 Å². The Morgan fingerprint density at radius 3 is 2.67 bits per heavy atom. The van der Waals surface area contributed by atoms with Gasteiger partial charge in [-0.1, -0.05) is 17.7 Å². The molecular formula is C17H27ClN4O2. The normalized spacial score (nSPS) is 11.8. The van der Waals surface area contributed by atoms with Gasteiger partial charge in [-0.15, -0.1) is 0 Å². The van der Waals surface area contributed by atoms with E-state index in [1.54, 1.807) is 12.1 Å². The number of hydrogen-bond donors (Lipinski definition) is 3. The van der Waals surface area contributed by atoms with E-state index >= 15 is 0 Å². The molecule has 1 aromatic carbocycles. The van der Waals surface area contributed by atoms with Gasteiger partial charge < -0.3 is 20.7 Å². The lowest BCUT2D eigenvalue weighted by Crippen LogP contribution is -2.43. The van der Waals surface area contributed by atoms with E-state index in [0.29, 0.717) is 30.7 Å². The largest absolute Gasteiger partial charge is 0.492 e. The monoisotopic (exact) mass is 354 g/mol. The Labute approximate surface area is 149 Å². The molecule has 0 spiro atoms. The molecule has 24 heavy (non-hydrogen) atoms. The van der Waals surface area contributed by atoms with E-state index in [1.807, 2.05) is 39.8 Å². The summed E-state index contributed by atoms with van der Waals surface area (Å²) in [7, 11) is 0. The van der Waals surface area contributed by atoms with Crippen molar-refractivity contribution in [1.82, 2.24) is 16.0 Å². The quantitative estimate of drug-likeness (QED) is 0.398. The number of nitrogens with zero attached hydrogens (tertiary/aromatic N) is 1. The number of carbonyl (C=O) groups is 1. The highest BCUT2D eigenvalue weighted by Gasteiger charge is 2.13. The first-order chi connectivity index (χ1) is 11.3. The van der Waals surface area contributed by atoms with Gasteiger partial charge >= 0.3 is 0 Å². The van der Waals surface area contributed by atoms with E-state index in [2.05, 4.69) is 20.9 Å². The summed E-state index contributed by atoms with van der Waals surface area (Å²) in [6.45, 7) is 9.57. The van der Waals surface area contributed by atoms with Crippen molar-refractivity contribution < 1.29 is 9.53 Å². The minimum absolute atomic E-state index is 0.0712. The Morgan fingerprint density at radius 2 is 2.04 bits per heavy atom. The van der Waals surface area contributed by atoms with Crippen LogP contribution in [0.1, 0.15) is 27.7 Å². The lowest BCUT2D eigenvalue weighted by Gasteiger charge is -2.20. The Balaban J connectivity index is 2.39. The summed E-state index contributed by atoms with van der Waals surface area (Å²) in [6, 6.07) is 7.25. The second kappa shape index (κ2) is 10.0. The van der Waals surface area contributed by atoms with Gasteiger partial charge in [-0.3, -0.25) is 4.79 Å². The molecule has 0 aliphatic rings. The number of halogens is 1. The van der Waals surface area contributed by atoms with Crippen LogP contribution in [0.15, 0.2) is 29.3 Å². The summed E-state index contributed by atoms with van der Waals surface area (Å²) in [5, 5.41) is 9.73. The van der Waals surface area contributed by atoms with E-state index in [0.717, 1.165) is 5.75 Å². The van der Waals surface area contributed by atoms with Gasteiger partial charge in [0.1, 0.15) is 18.9 Å². The van der Waals surface area contributed by atoms with Gasteiger partial charge in [0.05, 0.1) is 6.54 Å². The zero-order chi connectivity index (χ0) is 18.0. The first-order valence-electron chi connectivity index (χ1n) is 8.01. The van der Waals surface area contributed by atoms with Crippen LogP contribution >= 0.6 is 11.6 Å². The van der Waals surface area contributed by atoms with Gasteiger partial charge in [-0.25, -0.2) is 4.99 Å². The van der Waals surface area contributed by atoms with Crippen molar-refractivity contribution in [3.63, 3.8) is 0 Å². The van der Waals surface area contributed by atoms with Gasteiger partial charge in [0.25, 0.3) is 0 Å². The molecule has 0 aliphatic carbocycles. The van der Waals surface area contributed by atoms with E-state index in [9.17, 15) is 4.79 Å². The van der Waals surface area contributed by atoms with Gasteiger partial charge in [-0.05, 0) is 45.9 Å². The number of benzene rings is 1. The van der Waals surface area contributed by atoms with Crippen LogP contribution < -0.4 is 20.7 Å². The molecule has 0 heterocycles. The Kier molecular flexibility index (Phi) is 8.40. The molecule has 0 radical (unpaired) electrons. The standard InChI is InChI=1S/C17H27ClN4O2/c1-5-19-16(21-12-15(23)22-17(2,3)4)20-9-10-24-14-8-6-7-13(18)11-14/h6-8,11H,5,9-10,12H2,1-4H3,(H,22,23)(H2,19,20,21). The maximum atomic E-state index is 11.8. The molecule has 0 fully saturated rings. The molecule has 0 saturated carbocycles. The summed E-state index contributed by atoms with van der Waals surface area (Å²) in [4.78, 5) is 16.1. The van der Waals surface area contributed by atoms with Gasteiger partial charge in [-0.2, -0.15) is 0 Å². The number of nitrogens with one attached hydrogen (secondary N) is 3. The average molecular weight is 355 g/mol. The van der Waals surface area contributed by atoms with E-state index < -0.39 is 0 Å². The molecule has 0 bridgehead atoms. The van der Waals surface area contributed by atoms with Crippen LogP contribution in [0.2, 0.25) is 5.02 Å². The lowest BCUT2D eigenvalue weighted by atomic mass is 10.1. The maximum absolute atomic E-state index is 11.8. The highest BCUT2D eigenvalue weighted by atomic mass is 35.5. The summed E-state index contributed by atoms with van der Waals surface area (Å²) in [6.07, 6.45) is 0. The van der Waals surface area contributed by atoms with Crippen molar-refractivity contribution >= 4 is 23.5 Å². The number of hydrogen-bond acceptors (Lipinski definition) is 3. The number of carbonyl (C=O) groups excluding carboxylic acids is 1. The smallest absolute Gasteiger partial charge is 0.242 e. The van der Waals surface area contributed by atoms with E-state index in [4.69, 9.17) is 16.3 Å². The summed E-state index contributed by atoms with van der Waals surface area (Å²) >= 11 is 5.90. The SMILES string of the molecule is CCNC(=NCC(=O)NC(C)(C)C)NCCOc1cccc(Cl)c1. The number of amides is 1. The van der Waals surface area contributed by atoms with Gasteiger partial charge in [0.2, 0.25) is 5.91 Å². The summed E-state index contributed by atoms with van der Waals surface area (Å²) in [5.74, 6) is 1.18. The van der Waals surface area contributed by atoms with Crippen molar-refractivity contribution in [2.45, 2.75) is 33.2 Å². The van der Waals surface area contributed by atoms with Crippen molar-refractivity contribution in [2.75, 3.05) is 26.2 Å². The molecule has 1 aromatic rings. The zero-order valence-electron chi connectivity index (χ0n) is 14.8. The minimum Gasteiger partial charge on any atom is -0.492 e. The van der Waals surface area contributed by atoms with Crippen LogP contribution in [0.5, 0.6) is 5.75 Å². The van der Waals surface area contributed by atoms with Crippen LogP contribution in [0.4, 0.5) is 0 Å². The fourth-order valence-electron chi connectivity index (χ4n) is 1.85. The highest BCUT2D eigenvalue weighted by molar-refractivity contribution is 6.30. The first-order valence-corrected chi connectivity index (χ1v) is 8.39. The third-order valence-corrected chi connectivity index (χ3v) is 2.93. The molecule has 0 aliphatic heterocycles. The van der Waals surface area contributed by atoms with Crippen molar-refractivity contribution in [2.24, 2.45) is 4.99 Å². The maximum Gasteiger partial charge on any atom is 0.242 e. The molecule has 6 nitrogen and oxygen atoms in total. The second-order valence-corrected chi connectivity index (χ2v) is 6.66. The number of guanidine groups is 1. The van der Waals surface area contributed by atoms with Crippen molar-refractivity contribution in [3.05, 3.63) is 29.3 Å². The molecule has 3 N–H and O–H groups in total. The average Bonchev–Trinajstić information content (AvgIpc) is 2.47. The molecule has 1 amide bonds. The van der Waals surface area contributed by atoms with Crippen LogP contribution in [-0.2, 0) is 4.79 Å². The van der Waals surface area contributed by atoms with E-state index in [1.165, 1.54) is 0 Å². The predicted molar refractivity (Wildman–Crippen MR) is 98.8 cm³/mol. The second-order valence-electron chi connectivity index (χ2n) is 6.23. The zero-order valence-corrected chi connectivity index (χ0v) is 15.5. The summed E-state index contributed by atoms with van der Waals surface area (Å²) < 4.78 is 5.60. The first kappa shape index (κ1) is 20.1. The topological polar surface area (TPSA) is 74.8 Å². The molecule has 0 unspecified atom stereocenters. The Hall–Kier alpha value is -1.95. The van der Waals surface area contributed by atoms with Crippen molar-refractivity contribution in [3.8, 4) is 5.75 Å². The minimum atomic E-state index is -0.261.